The van der Waals surface area contributed by atoms with Crippen molar-refractivity contribution < 1.29 is 14.3 Å². The van der Waals surface area contributed by atoms with Crippen LogP contribution in [0.25, 0.3) is 12.2 Å². The van der Waals surface area contributed by atoms with Crippen LogP contribution in [0.4, 0.5) is 0 Å². The van der Waals surface area contributed by atoms with Gasteiger partial charge in [-0.05, 0) is 34.2 Å². The third-order valence-electron chi connectivity index (χ3n) is 4.68. The zero-order valence-electron chi connectivity index (χ0n) is 12.7. The molecule has 114 valence electrons. The van der Waals surface area contributed by atoms with Gasteiger partial charge in [0.25, 0.3) is 0 Å². The fourth-order valence-electron chi connectivity index (χ4n) is 3.53. The van der Waals surface area contributed by atoms with Crippen molar-refractivity contribution in [3.05, 3.63) is 87.0 Å². The molecule has 0 saturated carbocycles. The Labute approximate surface area is 137 Å². The van der Waals surface area contributed by atoms with Crippen LogP contribution >= 0.6 is 0 Å². The second-order valence-electron chi connectivity index (χ2n) is 6.09. The van der Waals surface area contributed by atoms with Crippen LogP contribution in [-0.4, -0.2) is 11.6 Å². The largest absolute Gasteiger partial charge is 0.457 e. The van der Waals surface area contributed by atoms with E-state index in [1.807, 2.05) is 48.6 Å². The number of fused-ring (bicyclic) bond motifs is 4. The summed E-state index contributed by atoms with van der Waals surface area (Å²) in [5, 5.41) is 1.54. The predicted molar refractivity (Wildman–Crippen MR) is 90.2 cm³/mol. The molecule has 2 aliphatic carbocycles. The molecule has 0 spiro atoms. The second kappa shape index (κ2) is 4.65. The number of ketones is 2. The molecule has 1 aliphatic heterocycles. The van der Waals surface area contributed by atoms with Crippen LogP contribution in [0, 0.1) is 0 Å². The molecule has 0 N–H and O–H groups in total. The van der Waals surface area contributed by atoms with E-state index in [1.165, 1.54) is 6.08 Å². The van der Waals surface area contributed by atoms with Gasteiger partial charge in [0.2, 0.25) is 0 Å². The maximum Gasteiger partial charge on any atom is 0.194 e. The molecule has 5 rings (SSSR count). The lowest BCUT2D eigenvalue weighted by atomic mass is 9.84. The van der Waals surface area contributed by atoms with Gasteiger partial charge in [-0.25, -0.2) is 0 Å². The minimum absolute atomic E-state index is 0.106. The minimum Gasteiger partial charge on any atom is -0.457 e. The molecule has 0 atom stereocenters. The third kappa shape index (κ3) is 1.72. The molecular weight excluding hydrogens is 300 g/mol. The highest BCUT2D eigenvalue weighted by Gasteiger charge is 2.31. The molecule has 3 nitrogen and oxygen atoms in total. The Morgan fingerprint density at radius 3 is 2.67 bits per heavy atom. The topological polar surface area (TPSA) is 43.4 Å². The van der Waals surface area contributed by atoms with Crippen molar-refractivity contribution in [1.29, 1.82) is 0 Å². The van der Waals surface area contributed by atoms with Crippen LogP contribution in [0.5, 0.6) is 5.75 Å². The number of para-hydroxylation sites is 1. The molecule has 2 aromatic rings. The number of hydrogen-bond acceptors (Lipinski definition) is 3. The van der Waals surface area contributed by atoms with Crippen molar-refractivity contribution in [2.24, 2.45) is 0 Å². The summed E-state index contributed by atoms with van der Waals surface area (Å²) in [5.74, 6) is 1.15. The highest BCUT2D eigenvalue weighted by atomic mass is 16.5. The summed E-state index contributed by atoms with van der Waals surface area (Å²) in [6, 6.07) is 11.5. The van der Waals surface area contributed by atoms with E-state index in [1.54, 1.807) is 6.08 Å². The number of ether oxygens (including phenoxy) is 1. The van der Waals surface area contributed by atoms with E-state index in [4.69, 9.17) is 4.74 Å². The summed E-state index contributed by atoms with van der Waals surface area (Å²) in [6.07, 6.45) is 7.48. The van der Waals surface area contributed by atoms with Crippen LogP contribution in [-0.2, 0) is 6.42 Å². The average Bonchev–Trinajstić information content (AvgIpc) is 2.60. The number of Topliss-reactive ketones (excluding diaryl/α,β-unsaturated/α-hetero) is 1. The Morgan fingerprint density at radius 2 is 1.75 bits per heavy atom. The quantitative estimate of drug-likeness (QED) is 0.748. The zero-order chi connectivity index (χ0) is 16.3. The smallest absolute Gasteiger partial charge is 0.194 e. The summed E-state index contributed by atoms with van der Waals surface area (Å²) >= 11 is 0. The monoisotopic (exact) mass is 312 g/mol. The second-order valence-corrected chi connectivity index (χ2v) is 6.09. The number of carbonyl (C=O) groups is 2. The number of carbonyl (C=O) groups excluding carboxylic acids is 2. The molecule has 3 heteroatoms. The SMILES string of the molecule is O=C1C=CC=c2ccc3c(c21)C(=O)C1=C(C=3)Oc2ccccc2C1. The molecule has 1 heterocycles. The van der Waals surface area contributed by atoms with E-state index in [2.05, 4.69) is 0 Å². The van der Waals surface area contributed by atoms with Gasteiger partial charge in [0.1, 0.15) is 11.5 Å². The number of allylic oxidation sites excluding steroid dienone is 4. The maximum absolute atomic E-state index is 13.1. The Bertz CT molecular complexity index is 1130. The number of hydrogen-bond donors (Lipinski definition) is 0. The fraction of sp³-hybridized carbons (Fsp3) is 0.0476. The van der Waals surface area contributed by atoms with Crippen molar-refractivity contribution in [3.63, 3.8) is 0 Å². The van der Waals surface area contributed by atoms with Gasteiger partial charge in [-0.3, -0.25) is 9.59 Å². The van der Waals surface area contributed by atoms with E-state index in [0.29, 0.717) is 28.9 Å². The summed E-state index contributed by atoms with van der Waals surface area (Å²) in [4.78, 5) is 25.5. The lowest BCUT2D eigenvalue weighted by molar-refractivity contribution is 0.0996. The number of rotatable bonds is 0. The van der Waals surface area contributed by atoms with E-state index in [0.717, 1.165) is 21.8 Å². The van der Waals surface area contributed by atoms with Crippen molar-refractivity contribution in [2.75, 3.05) is 0 Å². The van der Waals surface area contributed by atoms with Gasteiger partial charge in [0.15, 0.2) is 11.6 Å². The summed E-state index contributed by atoms with van der Waals surface area (Å²) in [7, 11) is 0. The van der Waals surface area contributed by atoms with Gasteiger partial charge in [-0.2, -0.15) is 0 Å². The fourth-order valence-corrected chi connectivity index (χ4v) is 3.53. The Morgan fingerprint density at radius 1 is 0.917 bits per heavy atom. The summed E-state index contributed by atoms with van der Waals surface area (Å²) in [6.45, 7) is 0. The van der Waals surface area contributed by atoms with Crippen molar-refractivity contribution in [3.8, 4) is 5.75 Å². The van der Waals surface area contributed by atoms with Crippen molar-refractivity contribution >= 4 is 23.7 Å². The van der Waals surface area contributed by atoms with Crippen LogP contribution in [0.15, 0.2) is 59.9 Å². The van der Waals surface area contributed by atoms with Gasteiger partial charge in [-0.15, -0.1) is 0 Å². The van der Waals surface area contributed by atoms with Gasteiger partial charge in [0.05, 0.1) is 0 Å². The first-order valence-electron chi connectivity index (χ1n) is 7.83. The maximum atomic E-state index is 13.1. The first kappa shape index (κ1) is 13.3. The lowest BCUT2D eigenvalue weighted by Crippen LogP contribution is -2.34. The van der Waals surface area contributed by atoms with Crippen LogP contribution in [0.3, 0.4) is 0 Å². The molecule has 0 amide bonds. The summed E-state index contributed by atoms with van der Waals surface area (Å²) in [5.41, 5.74) is 2.61. The van der Waals surface area contributed by atoms with Crippen molar-refractivity contribution in [2.45, 2.75) is 6.42 Å². The van der Waals surface area contributed by atoms with Gasteiger partial charge < -0.3 is 4.74 Å². The highest BCUT2D eigenvalue weighted by Crippen LogP contribution is 2.33. The Kier molecular flexibility index (Phi) is 2.57. The molecule has 0 saturated heterocycles. The molecule has 3 aliphatic rings. The summed E-state index contributed by atoms with van der Waals surface area (Å²) < 4.78 is 5.93. The molecule has 24 heavy (non-hydrogen) atoms. The molecule has 0 fully saturated rings. The van der Waals surface area contributed by atoms with E-state index in [-0.39, 0.29) is 11.6 Å². The van der Waals surface area contributed by atoms with Crippen LogP contribution in [0.1, 0.15) is 26.3 Å². The average molecular weight is 312 g/mol. The first-order valence-corrected chi connectivity index (χ1v) is 7.83. The zero-order valence-corrected chi connectivity index (χ0v) is 12.7. The Balaban J connectivity index is 1.76. The molecule has 0 bridgehead atoms. The molecule has 0 aromatic heterocycles. The highest BCUT2D eigenvalue weighted by molar-refractivity contribution is 6.20. The molecular formula is C21H12O3. The molecule has 0 radical (unpaired) electrons. The first-order chi connectivity index (χ1) is 11.7. The van der Waals surface area contributed by atoms with E-state index < -0.39 is 0 Å². The van der Waals surface area contributed by atoms with Crippen LogP contribution < -0.4 is 15.2 Å². The standard InChI is InChI=1S/C21H12O3/c22-16-6-3-5-12-8-9-14-11-18-15(21(23)20(14)19(12)16)10-13-4-1-2-7-17(13)24-18/h1-9,11H,10H2. The van der Waals surface area contributed by atoms with Crippen LogP contribution in [0.2, 0.25) is 0 Å². The molecule has 0 unspecified atom stereocenters. The van der Waals surface area contributed by atoms with Gasteiger partial charge >= 0.3 is 0 Å². The van der Waals surface area contributed by atoms with E-state index >= 15 is 0 Å². The van der Waals surface area contributed by atoms with Crippen molar-refractivity contribution in [1.82, 2.24) is 0 Å². The normalized spacial score (nSPS) is 17.0. The lowest BCUT2D eigenvalue weighted by Gasteiger charge is -2.25. The minimum atomic E-state index is -0.118. The van der Waals surface area contributed by atoms with E-state index in [9.17, 15) is 9.59 Å². The van der Waals surface area contributed by atoms with Gasteiger partial charge in [-0.1, -0.05) is 42.5 Å². The number of benzene rings is 2. The third-order valence-corrected chi connectivity index (χ3v) is 4.68. The van der Waals surface area contributed by atoms with Gasteiger partial charge in [0, 0.05) is 23.1 Å². The molecule has 2 aromatic carbocycles. The Hall–Kier alpha value is -3.20. The predicted octanol–water partition coefficient (Wildman–Crippen LogP) is 2.09.